The monoisotopic (exact) mass is 421 g/mol. The fraction of sp³-hybridized carbons (Fsp3) is 0.318. The van der Waals surface area contributed by atoms with Gasteiger partial charge in [-0.1, -0.05) is 11.8 Å². The highest BCUT2D eigenvalue weighted by Crippen LogP contribution is 2.31. The third-order valence-electron chi connectivity index (χ3n) is 5.28. The Bertz CT molecular complexity index is 1060. The number of carbonyl (C=O) groups is 1. The molecule has 7 nitrogen and oxygen atoms in total. The van der Waals surface area contributed by atoms with Crippen molar-refractivity contribution in [2.75, 3.05) is 0 Å². The zero-order valence-corrected chi connectivity index (χ0v) is 17.5. The number of pyridine rings is 2. The lowest BCUT2D eigenvalue weighted by Gasteiger charge is -2.28. The molecule has 0 spiro atoms. The molecule has 30 heavy (non-hydrogen) atoms. The van der Waals surface area contributed by atoms with Crippen LogP contribution in [0.1, 0.15) is 41.6 Å². The fourth-order valence-electron chi connectivity index (χ4n) is 3.68. The Kier molecular flexibility index (Phi) is 6.23. The minimum atomic E-state index is -0.328. The molecule has 0 saturated heterocycles. The normalized spacial score (nSPS) is 18.7. The lowest BCUT2D eigenvalue weighted by Crippen LogP contribution is -2.41. The first-order valence-corrected chi connectivity index (χ1v) is 10.9. The average Bonchev–Trinajstić information content (AvgIpc) is 2.76. The standard InChI is InChI=1S/C22H23N5O2S/c1-15-9-13-27(17-4-2-10-23-14-17)21(29)19(15)20(28)26-16-5-7-18(8-6-16)30-22-24-11-3-12-25-22/h2-4,9-14,16,18H,5-8H2,1H3,(H,26,28). The van der Waals surface area contributed by atoms with E-state index >= 15 is 0 Å². The number of nitrogens with zero attached hydrogens (tertiary/aromatic N) is 4. The van der Waals surface area contributed by atoms with Gasteiger partial charge in [-0.2, -0.15) is 0 Å². The maximum atomic E-state index is 13.0. The molecule has 1 N–H and O–H groups in total. The highest BCUT2D eigenvalue weighted by Gasteiger charge is 2.25. The van der Waals surface area contributed by atoms with Crippen LogP contribution in [-0.2, 0) is 0 Å². The molecule has 8 heteroatoms. The van der Waals surface area contributed by atoms with Crippen molar-refractivity contribution in [3.8, 4) is 5.69 Å². The summed E-state index contributed by atoms with van der Waals surface area (Å²) in [7, 11) is 0. The summed E-state index contributed by atoms with van der Waals surface area (Å²) in [6, 6.07) is 7.22. The van der Waals surface area contributed by atoms with Crippen LogP contribution in [-0.4, -0.2) is 36.7 Å². The molecule has 0 radical (unpaired) electrons. The topological polar surface area (TPSA) is 89.8 Å². The minimum absolute atomic E-state index is 0.0666. The molecule has 0 bridgehead atoms. The Hall–Kier alpha value is -3.00. The first-order valence-electron chi connectivity index (χ1n) is 9.99. The van der Waals surface area contributed by atoms with Crippen molar-refractivity contribution in [1.82, 2.24) is 24.8 Å². The summed E-state index contributed by atoms with van der Waals surface area (Å²) in [6.45, 7) is 1.79. The van der Waals surface area contributed by atoms with Gasteiger partial charge < -0.3 is 5.32 Å². The number of aryl methyl sites for hydroxylation is 1. The zero-order valence-electron chi connectivity index (χ0n) is 16.7. The predicted molar refractivity (Wildman–Crippen MR) is 116 cm³/mol. The van der Waals surface area contributed by atoms with Crippen LogP contribution in [0.4, 0.5) is 0 Å². The molecule has 0 aliphatic heterocycles. The SMILES string of the molecule is Cc1ccn(-c2cccnc2)c(=O)c1C(=O)NC1CCC(Sc2ncccn2)CC1. The molecule has 1 aliphatic carbocycles. The third kappa shape index (κ3) is 4.59. The van der Waals surface area contributed by atoms with Gasteiger partial charge in [0, 0.05) is 36.1 Å². The Morgan fingerprint density at radius 2 is 1.87 bits per heavy atom. The van der Waals surface area contributed by atoms with Crippen molar-refractivity contribution in [2.45, 2.75) is 49.1 Å². The summed E-state index contributed by atoms with van der Waals surface area (Å²) in [5.74, 6) is -0.307. The van der Waals surface area contributed by atoms with Crippen LogP contribution >= 0.6 is 11.8 Å². The van der Waals surface area contributed by atoms with Gasteiger partial charge in [0.25, 0.3) is 11.5 Å². The highest BCUT2D eigenvalue weighted by molar-refractivity contribution is 7.99. The number of hydrogen-bond acceptors (Lipinski definition) is 6. The summed E-state index contributed by atoms with van der Waals surface area (Å²) in [5.41, 5.74) is 1.17. The number of carbonyl (C=O) groups excluding carboxylic acids is 1. The van der Waals surface area contributed by atoms with Crippen LogP contribution in [0.2, 0.25) is 0 Å². The maximum Gasteiger partial charge on any atom is 0.268 e. The number of hydrogen-bond donors (Lipinski definition) is 1. The van der Waals surface area contributed by atoms with Crippen LogP contribution in [0.5, 0.6) is 0 Å². The van der Waals surface area contributed by atoms with Crippen molar-refractivity contribution in [3.63, 3.8) is 0 Å². The first-order chi connectivity index (χ1) is 14.6. The zero-order chi connectivity index (χ0) is 20.9. The molecule has 0 unspecified atom stereocenters. The van der Waals surface area contributed by atoms with E-state index in [0.717, 1.165) is 30.8 Å². The number of thioether (sulfide) groups is 1. The predicted octanol–water partition coefficient (Wildman–Crippen LogP) is 3.16. The molecular formula is C22H23N5O2S. The van der Waals surface area contributed by atoms with E-state index in [1.165, 1.54) is 4.57 Å². The van der Waals surface area contributed by atoms with Gasteiger partial charge in [-0.15, -0.1) is 0 Å². The highest BCUT2D eigenvalue weighted by atomic mass is 32.2. The Morgan fingerprint density at radius 1 is 1.10 bits per heavy atom. The van der Waals surface area contributed by atoms with Crippen LogP contribution in [0.25, 0.3) is 5.69 Å². The molecule has 1 amide bonds. The lowest BCUT2D eigenvalue weighted by molar-refractivity contribution is 0.0925. The second-order valence-electron chi connectivity index (χ2n) is 7.36. The van der Waals surface area contributed by atoms with Crippen molar-refractivity contribution in [1.29, 1.82) is 0 Å². The van der Waals surface area contributed by atoms with Crippen LogP contribution < -0.4 is 10.9 Å². The Morgan fingerprint density at radius 3 is 2.57 bits per heavy atom. The smallest absolute Gasteiger partial charge is 0.268 e. The van der Waals surface area contributed by atoms with E-state index in [2.05, 4.69) is 20.3 Å². The third-order valence-corrected chi connectivity index (χ3v) is 6.50. The van der Waals surface area contributed by atoms with Crippen molar-refractivity contribution in [2.24, 2.45) is 0 Å². The molecule has 3 aromatic rings. The van der Waals surface area contributed by atoms with Crippen molar-refractivity contribution in [3.05, 3.63) is 76.7 Å². The van der Waals surface area contributed by atoms with Crippen LogP contribution in [0.15, 0.2) is 65.2 Å². The van der Waals surface area contributed by atoms with Gasteiger partial charge in [-0.3, -0.25) is 19.1 Å². The summed E-state index contributed by atoms with van der Waals surface area (Å²) in [5, 5.41) is 4.31. The van der Waals surface area contributed by atoms with E-state index < -0.39 is 0 Å². The molecule has 1 fully saturated rings. The van der Waals surface area contributed by atoms with E-state index in [4.69, 9.17) is 0 Å². The van der Waals surface area contributed by atoms with E-state index in [1.807, 2.05) is 6.07 Å². The van der Waals surface area contributed by atoms with Crippen molar-refractivity contribution >= 4 is 17.7 Å². The molecule has 3 heterocycles. The van der Waals surface area contributed by atoms with Gasteiger partial charge in [0.05, 0.1) is 11.9 Å². The number of aromatic nitrogens is 4. The van der Waals surface area contributed by atoms with Crippen LogP contribution in [0, 0.1) is 6.92 Å². The molecule has 154 valence electrons. The van der Waals surface area contributed by atoms with Gasteiger partial charge in [-0.05, 0) is 62.4 Å². The number of rotatable bonds is 5. The Labute approximate surface area is 179 Å². The second-order valence-corrected chi connectivity index (χ2v) is 8.62. The largest absolute Gasteiger partial charge is 0.349 e. The molecule has 1 saturated carbocycles. The van der Waals surface area contributed by atoms with E-state index in [0.29, 0.717) is 16.5 Å². The summed E-state index contributed by atoms with van der Waals surface area (Å²) in [6.07, 6.45) is 12.1. The van der Waals surface area contributed by atoms with Gasteiger partial charge >= 0.3 is 0 Å². The van der Waals surface area contributed by atoms with Gasteiger partial charge in [0.2, 0.25) is 0 Å². The number of nitrogens with one attached hydrogen (secondary N) is 1. The van der Waals surface area contributed by atoms with E-state index in [1.54, 1.807) is 67.9 Å². The maximum absolute atomic E-state index is 13.0. The average molecular weight is 422 g/mol. The van der Waals surface area contributed by atoms with Gasteiger partial charge in [0.15, 0.2) is 5.16 Å². The molecule has 0 atom stereocenters. The quantitative estimate of drug-likeness (QED) is 0.637. The van der Waals surface area contributed by atoms with Gasteiger partial charge in [0.1, 0.15) is 5.56 Å². The molecule has 0 aromatic carbocycles. The fourth-order valence-corrected chi connectivity index (χ4v) is 4.73. The Balaban J connectivity index is 1.42. The second kappa shape index (κ2) is 9.21. The van der Waals surface area contributed by atoms with Gasteiger partial charge in [-0.25, -0.2) is 9.97 Å². The molecular weight excluding hydrogens is 398 g/mol. The van der Waals surface area contributed by atoms with E-state index in [-0.39, 0.29) is 23.1 Å². The van der Waals surface area contributed by atoms with Crippen LogP contribution in [0.3, 0.4) is 0 Å². The molecule has 4 rings (SSSR count). The van der Waals surface area contributed by atoms with Crippen molar-refractivity contribution < 1.29 is 4.79 Å². The first kappa shape index (κ1) is 20.3. The summed E-state index contributed by atoms with van der Waals surface area (Å²) < 4.78 is 1.46. The minimum Gasteiger partial charge on any atom is -0.349 e. The summed E-state index contributed by atoms with van der Waals surface area (Å²) in [4.78, 5) is 38.5. The van der Waals surface area contributed by atoms with E-state index in [9.17, 15) is 9.59 Å². The summed E-state index contributed by atoms with van der Waals surface area (Å²) >= 11 is 1.69. The molecule has 3 aromatic heterocycles. The molecule has 1 aliphatic rings. The lowest BCUT2D eigenvalue weighted by atomic mass is 9.94. The number of amides is 1.